The van der Waals surface area contributed by atoms with Crippen molar-refractivity contribution in [3.05, 3.63) is 70.6 Å². The van der Waals surface area contributed by atoms with Gasteiger partial charge in [0.15, 0.2) is 6.10 Å². The Morgan fingerprint density at radius 3 is 2.37 bits per heavy atom. The van der Waals surface area contributed by atoms with E-state index in [-0.39, 0.29) is 41.9 Å². The summed E-state index contributed by atoms with van der Waals surface area (Å²) < 4.78 is 45.0. The zero-order valence-corrected chi connectivity index (χ0v) is 23.5. The SMILES string of the molecule is CC(=O)N[C@@H](CO)c1nc(-c2ccc(C[C@@H](CCO)NC(=O)c3ccc(O[C@H](C)C(F)(F)F)c(Cl)c3)cc2)cn1C. The number of hydrogen-bond donors (Lipinski definition) is 4. The standard InChI is InChI=1S/C28H32ClF3N4O5/c1-16(28(30,31)32)41-25-9-8-20(13-22(25)29)27(40)34-21(10-11-37)12-18-4-6-19(7-5-18)23-14-36(3)26(35-23)24(15-38)33-17(2)39/h4-9,13-14,16,21,24,37-38H,10-12,15H2,1-3H3,(H,33,39)(H,34,40)/t16-,21-,24+/m1/s1. The minimum atomic E-state index is -4.56. The third-order valence-corrected chi connectivity index (χ3v) is 6.58. The van der Waals surface area contributed by atoms with E-state index in [4.69, 9.17) is 16.3 Å². The number of aromatic nitrogens is 2. The topological polar surface area (TPSA) is 126 Å². The lowest BCUT2D eigenvalue weighted by molar-refractivity contribution is -0.189. The number of benzene rings is 2. The summed E-state index contributed by atoms with van der Waals surface area (Å²) in [5.74, 6) is -0.479. The number of amides is 2. The summed E-state index contributed by atoms with van der Waals surface area (Å²) in [4.78, 5) is 28.9. The monoisotopic (exact) mass is 596 g/mol. The molecular formula is C28H32ClF3N4O5. The van der Waals surface area contributed by atoms with Gasteiger partial charge in [-0.1, -0.05) is 35.9 Å². The Bertz CT molecular complexity index is 1350. The maximum Gasteiger partial charge on any atom is 0.425 e. The van der Waals surface area contributed by atoms with E-state index >= 15 is 0 Å². The summed E-state index contributed by atoms with van der Waals surface area (Å²) in [6.45, 7) is 1.74. The van der Waals surface area contributed by atoms with Crippen LogP contribution >= 0.6 is 11.6 Å². The van der Waals surface area contributed by atoms with Gasteiger partial charge in [0.2, 0.25) is 5.91 Å². The average molecular weight is 597 g/mol. The largest absolute Gasteiger partial charge is 0.480 e. The Morgan fingerprint density at radius 1 is 1.12 bits per heavy atom. The first-order chi connectivity index (χ1) is 19.3. The van der Waals surface area contributed by atoms with Crippen LogP contribution in [0.3, 0.4) is 0 Å². The number of rotatable bonds is 12. The zero-order valence-electron chi connectivity index (χ0n) is 22.7. The molecule has 0 radical (unpaired) electrons. The lowest BCUT2D eigenvalue weighted by atomic mass is 10.0. The molecule has 3 atom stereocenters. The molecule has 0 aliphatic rings. The maximum absolute atomic E-state index is 12.9. The van der Waals surface area contributed by atoms with Crippen LogP contribution in [0.15, 0.2) is 48.7 Å². The smallest absolute Gasteiger partial charge is 0.425 e. The van der Waals surface area contributed by atoms with Gasteiger partial charge in [-0.15, -0.1) is 0 Å². The van der Waals surface area contributed by atoms with Crippen molar-refractivity contribution >= 4 is 23.4 Å². The first kappa shape index (κ1) is 31.9. The Hall–Kier alpha value is -3.61. The maximum atomic E-state index is 12.9. The van der Waals surface area contributed by atoms with E-state index in [1.54, 1.807) is 17.8 Å². The summed E-state index contributed by atoms with van der Waals surface area (Å²) >= 11 is 6.07. The Morgan fingerprint density at radius 2 is 1.80 bits per heavy atom. The van der Waals surface area contributed by atoms with Gasteiger partial charge in [-0.3, -0.25) is 9.59 Å². The molecule has 0 saturated carbocycles. The highest BCUT2D eigenvalue weighted by Gasteiger charge is 2.38. The quantitative estimate of drug-likeness (QED) is 0.251. The second-order valence-electron chi connectivity index (χ2n) is 9.56. The average Bonchev–Trinajstić information content (AvgIpc) is 3.29. The molecular weight excluding hydrogens is 565 g/mol. The molecule has 0 spiro atoms. The second-order valence-corrected chi connectivity index (χ2v) is 9.97. The molecule has 41 heavy (non-hydrogen) atoms. The Labute approximate surface area is 240 Å². The number of carbonyl (C=O) groups excluding carboxylic acids is 2. The van der Waals surface area contributed by atoms with E-state index in [0.717, 1.165) is 18.1 Å². The highest BCUT2D eigenvalue weighted by Crippen LogP contribution is 2.31. The van der Waals surface area contributed by atoms with Crippen molar-refractivity contribution in [3.63, 3.8) is 0 Å². The number of aliphatic hydroxyl groups excluding tert-OH is 2. The van der Waals surface area contributed by atoms with E-state index in [1.165, 1.54) is 25.1 Å². The molecule has 0 bridgehead atoms. The number of imidazole rings is 1. The molecule has 0 aliphatic carbocycles. The summed E-state index contributed by atoms with van der Waals surface area (Å²) in [5.41, 5.74) is 2.45. The minimum absolute atomic E-state index is 0.131. The number of carbonyl (C=O) groups is 2. The van der Waals surface area contributed by atoms with Crippen molar-refractivity contribution in [1.29, 1.82) is 0 Å². The van der Waals surface area contributed by atoms with E-state index in [2.05, 4.69) is 15.6 Å². The van der Waals surface area contributed by atoms with Gasteiger partial charge in [0.05, 0.1) is 17.3 Å². The van der Waals surface area contributed by atoms with Crippen molar-refractivity contribution in [1.82, 2.24) is 20.2 Å². The number of alkyl halides is 3. The predicted octanol–water partition coefficient (Wildman–Crippen LogP) is 3.96. The molecule has 13 heteroatoms. The third kappa shape index (κ3) is 8.69. The number of nitrogens with zero attached hydrogens (tertiary/aromatic N) is 2. The van der Waals surface area contributed by atoms with Crippen molar-refractivity contribution in [2.75, 3.05) is 13.2 Å². The fourth-order valence-corrected chi connectivity index (χ4v) is 4.35. The van der Waals surface area contributed by atoms with E-state index in [0.29, 0.717) is 17.9 Å². The van der Waals surface area contributed by atoms with Gasteiger partial charge < -0.3 is 30.2 Å². The summed E-state index contributed by atoms with van der Waals surface area (Å²) in [5, 5.41) is 24.5. The molecule has 2 amide bonds. The fourth-order valence-electron chi connectivity index (χ4n) is 4.12. The van der Waals surface area contributed by atoms with Gasteiger partial charge in [0.1, 0.15) is 17.6 Å². The molecule has 3 rings (SSSR count). The van der Waals surface area contributed by atoms with E-state index in [1.807, 2.05) is 24.3 Å². The van der Waals surface area contributed by atoms with Gasteiger partial charge in [-0.05, 0) is 43.5 Å². The van der Waals surface area contributed by atoms with Crippen molar-refractivity contribution in [3.8, 4) is 17.0 Å². The number of nitrogens with one attached hydrogen (secondary N) is 2. The van der Waals surface area contributed by atoms with Crippen molar-refractivity contribution in [2.45, 2.75) is 51.1 Å². The van der Waals surface area contributed by atoms with Crippen LogP contribution in [0.5, 0.6) is 5.75 Å². The number of halogens is 4. The normalized spacial score (nSPS) is 13.8. The van der Waals surface area contributed by atoms with Crippen LogP contribution in [-0.2, 0) is 18.3 Å². The fraction of sp³-hybridized carbons (Fsp3) is 0.393. The number of ether oxygens (including phenoxy) is 1. The lowest BCUT2D eigenvalue weighted by Crippen LogP contribution is -2.37. The third-order valence-electron chi connectivity index (χ3n) is 6.29. The van der Waals surface area contributed by atoms with Gasteiger partial charge in [0, 0.05) is 43.9 Å². The first-order valence-electron chi connectivity index (χ1n) is 12.8. The van der Waals surface area contributed by atoms with Gasteiger partial charge in [0.25, 0.3) is 5.91 Å². The van der Waals surface area contributed by atoms with E-state index < -0.39 is 30.3 Å². The predicted molar refractivity (Wildman–Crippen MR) is 147 cm³/mol. The van der Waals surface area contributed by atoms with Crippen LogP contribution in [0.2, 0.25) is 5.02 Å². The van der Waals surface area contributed by atoms with Crippen LogP contribution in [0.1, 0.15) is 48.1 Å². The van der Waals surface area contributed by atoms with E-state index in [9.17, 15) is 33.0 Å². The summed E-state index contributed by atoms with van der Waals surface area (Å²) in [7, 11) is 1.77. The molecule has 0 aliphatic heterocycles. The molecule has 4 N–H and O–H groups in total. The highest BCUT2D eigenvalue weighted by atomic mass is 35.5. The van der Waals surface area contributed by atoms with Crippen LogP contribution in [-0.4, -0.2) is 63.1 Å². The molecule has 1 heterocycles. The molecule has 2 aromatic carbocycles. The van der Waals surface area contributed by atoms with Crippen LogP contribution in [0.4, 0.5) is 13.2 Å². The zero-order chi connectivity index (χ0) is 30.3. The first-order valence-corrected chi connectivity index (χ1v) is 13.1. The van der Waals surface area contributed by atoms with Gasteiger partial charge in [-0.2, -0.15) is 13.2 Å². The molecule has 222 valence electrons. The highest BCUT2D eigenvalue weighted by molar-refractivity contribution is 6.32. The molecule has 0 unspecified atom stereocenters. The Kier molecular flexibility index (Phi) is 10.8. The van der Waals surface area contributed by atoms with Gasteiger partial charge in [-0.25, -0.2) is 4.98 Å². The minimum Gasteiger partial charge on any atom is -0.480 e. The molecule has 9 nitrogen and oxygen atoms in total. The molecule has 1 aromatic heterocycles. The molecule has 3 aromatic rings. The van der Waals surface area contributed by atoms with Crippen molar-refractivity contribution in [2.24, 2.45) is 7.05 Å². The summed E-state index contributed by atoms with van der Waals surface area (Å²) in [6, 6.07) is 10.1. The second kappa shape index (κ2) is 13.8. The molecule has 0 fully saturated rings. The van der Waals surface area contributed by atoms with Crippen LogP contribution < -0.4 is 15.4 Å². The van der Waals surface area contributed by atoms with Crippen LogP contribution in [0.25, 0.3) is 11.3 Å². The lowest BCUT2D eigenvalue weighted by Gasteiger charge is -2.20. The van der Waals surface area contributed by atoms with Crippen LogP contribution in [0, 0.1) is 0 Å². The Balaban J connectivity index is 1.68. The van der Waals surface area contributed by atoms with Crippen molar-refractivity contribution < 1.29 is 37.7 Å². The number of hydrogen-bond acceptors (Lipinski definition) is 6. The number of aryl methyl sites for hydroxylation is 1. The van der Waals surface area contributed by atoms with Gasteiger partial charge >= 0.3 is 6.18 Å². The number of aliphatic hydroxyl groups is 2. The summed E-state index contributed by atoms with van der Waals surface area (Å²) in [6.07, 6.45) is -4.18. The molecule has 0 saturated heterocycles.